The molecule has 1 unspecified atom stereocenters. The molecule has 1 heterocycles. The van der Waals surface area contributed by atoms with Gasteiger partial charge < -0.3 is 10.2 Å². The Morgan fingerprint density at radius 2 is 2.07 bits per heavy atom. The Morgan fingerprint density at radius 1 is 1.36 bits per heavy atom. The highest BCUT2D eigenvalue weighted by molar-refractivity contribution is 14.0. The van der Waals surface area contributed by atoms with Gasteiger partial charge in [-0.2, -0.15) is 0 Å². The molecule has 9 heteroatoms. The van der Waals surface area contributed by atoms with Crippen LogP contribution in [0.25, 0.3) is 0 Å². The number of benzene rings is 1. The second-order valence-corrected chi connectivity index (χ2v) is 9.88. The van der Waals surface area contributed by atoms with Crippen molar-refractivity contribution in [2.45, 2.75) is 24.7 Å². The van der Waals surface area contributed by atoms with Crippen LogP contribution in [0.5, 0.6) is 0 Å². The maximum Gasteiger partial charge on any atom is 0.211 e. The van der Waals surface area contributed by atoms with Crippen molar-refractivity contribution in [1.82, 2.24) is 14.5 Å². The van der Waals surface area contributed by atoms with Gasteiger partial charge in [-0.05, 0) is 30.9 Å². The molecule has 1 aromatic rings. The van der Waals surface area contributed by atoms with Gasteiger partial charge in [0, 0.05) is 50.4 Å². The van der Waals surface area contributed by atoms with Crippen LogP contribution in [0.1, 0.15) is 19.8 Å². The molecule has 1 aromatic carbocycles. The van der Waals surface area contributed by atoms with Gasteiger partial charge in [-0.3, -0.25) is 4.99 Å². The summed E-state index contributed by atoms with van der Waals surface area (Å²) in [6.07, 6.45) is 3.21. The summed E-state index contributed by atoms with van der Waals surface area (Å²) in [5.41, 5.74) is 0. The molecule has 0 saturated carbocycles. The van der Waals surface area contributed by atoms with Gasteiger partial charge in [0.15, 0.2) is 5.96 Å². The first kappa shape index (κ1) is 25.5. The van der Waals surface area contributed by atoms with Gasteiger partial charge >= 0.3 is 0 Å². The second kappa shape index (κ2) is 12.9. The highest BCUT2D eigenvalue weighted by Crippen LogP contribution is 2.25. The number of hydrogen-bond acceptors (Lipinski definition) is 4. The van der Waals surface area contributed by atoms with E-state index in [-0.39, 0.29) is 24.0 Å². The number of thioether (sulfide) groups is 1. The van der Waals surface area contributed by atoms with Gasteiger partial charge in [0.25, 0.3) is 0 Å². The summed E-state index contributed by atoms with van der Waals surface area (Å²) in [4.78, 5) is 8.03. The zero-order valence-corrected chi connectivity index (χ0v) is 21.0. The average molecular weight is 541 g/mol. The molecule has 1 aliphatic heterocycles. The predicted octanol–water partition coefficient (Wildman–Crippen LogP) is 2.97. The van der Waals surface area contributed by atoms with Crippen LogP contribution in [0.4, 0.5) is 0 Å². The fraction of sp³-hybridized carbons (Fsp3) is 0.632. The summed E-state index contributed by atoms with van der Waals surface area (Å²) in [7, 11) is -1.30. The van der Waals surface area contributed by atoms with E-state index in [0.717, 1.165) is 37.8 Å². The Kier molecular flexibility index (Phi) is 11.8. The van der Waals surface area contributed by atoms with Crippen LogP contribution in [0.15, 0.2) is 40.2 Å². The number of hydrogen-bond donors (Lipinski definition) is 1. The fourth-order valence-electron chi connectivity index (χ4n) is 3.24. The third-order valence-corrected chi connectivity index (χ3v) is 7.34. The molecule has 28 heavy (non-hydrogen) atoms. The van der Waals surface area contributed by atoms with Gasteiger partial charge in [0.2, 0.25) is 10.0 Å². The molecular weight excluding hydrogens is 507 g/mol. The summed E-state index contributed by atoms with van der Waals surface area (Å²) in [6, 6.07) is 10.5. The van der Waals surface area contributed by atoms with E-state index in [0.29, 0.717) is 19.0 Å². The van der Waals surface area contributed by atoms with Crippen molar-refractivity contribution in [3.63, 3.8) is 0 Å². The van der Waals surface area contributed by atoms with Gasteiger partial charge in [0.05, 0.1) is 6.26 Å². The van der Waals surface area contributed by atoms with E-state index < -0.39 is 10.0 Å². The van der Waals surface area contributed by atoms with E-state index in [1.165, 1.54) is 21.9 Å². The Labute approximate surface area is 191 Å². The molecule has 1 fully saturated rings. The standard InChI is InChI=1S/C19H32N4O2S2.HI/c1-4-23(27(3,24)25)13-8-12-21-19(20-2)22-14-11-17(15-22)16-26-18-9-6-5-7-10-18;/h5-7,9-10,17H,4,8,11-16H2,1-3H3,(H,20,21);1H. The monoisotopic (exact) mass is 540 g/mol. The molecule has 6 nitrogen and oxygen atoms in total. The predicted molar refractivity (Wildman–Crippen MR) is 130 cm³/mol. The minimum atomic E-state index is -3.11. The second-order valence-electron chi connectivity index (χ2n) is 6.81. The summed E-state index contributed by atoms with van der Waals surface area (Å²) in [6.45, 7) is 5.67. The number of guanidine groups is 1. The Bertz CT molecular complexity index is 701. The third-order valence-electron chi connectivity index (χ3n) is 4.72. The fourth-order valence-corrected chi connectivity index (χ4v) is 5.22. The highest BCUT2D eigenvalue weighted by Gasteiger charge is 2.24. The van der Waals surface area contributed by atoms with Crippen LogP contribution in [-0.2, 0) is 10.0 Å². The van der Waals surface area contributed by atoms with E-state index in [4.69, 9.17) is 0 Å². The molecule has 0 aromatic heterocycles. The van der Waals surface area contributed by atoms with Gasteiger partial charge in [-0.15, -0.1) is 35.7 Å². The molecule has 0 aliphatic carbocycles. The lowest BCUT2D eigenvalue weighted by Crippen LogP contribution is -2.41. The number of aliphatic imine (C=N–C) groups is 1. The third kappa shape index (κ3) is 8.46. The molecule has 1 aliphatic rings. The summed E-state index contributed by atoms with van der Waals surface area (Å²) >= 11 is 1.92. The molecule has 1 saturated heterocycles. The maximum absolute atomic E-state index is 11.6. The number of sulfonamides is 1. The number of rotatable bonds is 9. The molecule has 0 bridgehead atoms. The van der Waals surface area contributed by atoms with Crippen molar-refractivity contribution < 1.29 is 8.42 Å². The zero-order chi connectivity index (χ0) is 19.7. The molecule has 2 rings (SSSR count). The Morgan fingerprint density at radius 3 is 2.68 bits per heavy atom. The van der Waals surface area contributed by atoms with Crippen molar-refractivity contribution in [2.75, 3.05) is 51.8 Å². The van der Waals surface area contributed by atoms with Crippen molar-refractivity contribution in [1.29, 1.82) is 0 Å². The summed E-state index contributed by atoms with van der Waals surface area (Å²) < 4.78 is 24.8. The van der Waals surface area contributed by atoms with Crippen LogP contribution in [-0.4, -0.2) is 75.4 Å². The van der Waals surface area contributed by atoms with Crippen LogP contribution in [0.3, 0.4) is 0 Å². The smallest absolute Gasteiger partial charge is 0.211 e. The van der Waals surface area contributed by atoms with Crippen molar-refractivity contribution in [3.8, 4) is 0 Å². The van der Waals surface area contributed by atoms with E-state index in [1.807, 2.05) is 31.8 Å². The molecule has 1 N–H and O–H groups in total. The van der Waals surface area contributed by atoms with Gasteiger partial charge in [-0.25, -0.2) is 12.7 Å². The van der Waals surface area contributed by atoms with E-state index in [2.05, 4.69) is 39.5 Å². The van der Waals surface area contributed by atoms with Crippen molar-refractivity contribution in [3.05, 3.63) is 30.3 Å². The summed E-state index contributed by atoms with van der Waals surface area (Å²) in [5.74, 6) is 2.70. The van der Waals surface area contributed by atoms with E-state index >= 15 is 0 Å². The van der Waals surface area contributed by atoms with Crippen LogP contribution in [0.2, 0.25) is 0 Å². The lowest BCUT2D eigenvalue weighted by Gasteiger charge is -2.23. The molecule has 0 radical (unpaired) electrons. The van der Waals surface area contributed by atoms with Crippen molar-refractivity contribution in [2.24, 2.45) is 10.9 Å². The van der Waals surface area contributed by atoms with Crippen molar-refractivity contribution >= 4 is 51.7 Å². The highest BCUT2D eigenvalue weighted by atomic mass is 127. The quantitative estimate of drug-likeness (QED) is 0.172. The van der Waals surface area contributed by atoms with Crippen LogP contribution < -0.4 is 5.32 Å². The van der Waals surface area contributed by atoms with Crippen LogP contribution in [0, 0.1) is 5.92 Å². The average Bonchev–Trinajstić information content (AvgIpc) is 3.11. The minimum Gasteiger partial charge on any atom is -0.356 e. The molecule has 0 amide bonds. The Hall–Kier alpha value is -0.520. The van der Waals surface area contributed by atoms with E-state index in [9.17, 15) is 8.42 Å². The molecule has 1 atom stereocenters. The first-order valence-electron chi connectivity index (χ1n) is 9.52. The topological polar surface area (TPSA) is 65.0 Å². The van der Waals surface area contributed by atoms with E-state index in [1.54, 1.807) is 0 Å². The van der Waals surface area contributed by atoms with Gasteiger partial charge in [-0.1, -0.05) is 25.1 Å². The number of halogens is 1. The molecule has 0 spiro atoms. The van der Waals surface area contributed by atoms with Gasteiger partial charge in [0.1, 0.15) is 0 Å². The largest absolute Gasteiger partial charge is 0.356 e. The molecule has 160 valence electrons. The lowest BCUT2D eigenvalue weighted by atomic mass is 10.2. The van der Waals surface area contributed by atoms with Crippen LogP contribution >= 0.6 is 35.7 Å². The zero-order valence-electron chi connectivity index (χ0n) is 17.0. The maximum atomic E-state index is 11.6. The first-order chi connectivity index (χ1) is 12.9. The molecular formula is C19H33IN4O2S2. The number of likely N-dealkylation sites (tertiary alicyclic amines) is 1. The Balaban J connectivity index is 0.00000392. The first-order valence-corrected chi connectivity index (χ1v) is 12.4. The lowest BCUT2D eigenvalue weighted by molar-refractivity contribution is 0.420. The SMILES string of the molecule is CCN(CCCNC(=NC)N1CCC(CSc2ccccc2)C1)S(C)(=O)=O.I. The summed E-state index contributed by atoms with van der Waals surface area (Å²) in [5, 5.41) is 3.38. The minimum absolute atomic E-state index is 0. The number of nitrogens with one attached hydrogen (secondary N) is 1. The normalized spacial score (nSPS) is 17.6. The number of nitrogens with zero attached hydrogens (tertiary/aromatic N) is 3.